The van der Waals surface area contributed by atoms with Crippen LogP contribution < -0.4 is 14.8 Å². The minimum absolute atomic E-state index is 0.0134. The SMILES string of the molecule is COC(=O)c1ccc(CN2C(=O)N/C(=C\c3cc(OC)c(OCc4ccccc4F)c(Br)c3Br)C2=O)o1. The molecule has 3 aromatic rings. The molecule has 37 heavy (non-hydrogen) atoms. The third-order valence-electron chi connectivity index (χ3n) is 5.33. The lowest BCUT2D eigenvalue weighted by atomic mass is 10.1. The molecule has 3 amide bonds. The highest BCUT2D eigenvalue weighted by Crippen LogP contribution is 2.44. The Balaban J connectivity index is 1.56. The predicted molar refractivity (Wildman–Crippen MR) is 136 cm³/mol. The van der Waals surface area contributed by atoms with Crippen LogP contribution in [-0.4, -0.2) is 37.0 Å². The number of nitrogens with zero attached hydrogens (tertiary/aromatic N) is 1. The van der Waals surface area contributed by atoms with E-state index in [2.05, 4.69) is 41.9 Å². The van der Waals surface area contributed by atoms with E-state index in [0.717, 1.165) is 4.90 Å². The number of furan rings is 1. The maximum atomic E-state index is 14.0. The number of carbonyl (C=O) groups excluding carboxylic acids is 3. The maximum Gasteiger partial charge on any atom is 0.373 e. The summed E-state index contributed by atoms with van der Waals surface area (Å²) in [6.45, 7) is -0.224. The molecule has 0 saturated carbocycles. The van der Waals surface area contributed by atoms with Crippen LogP contribution in [0.15, 0.2) is 61.5 Å². The summed E-state index contributed by atoms with van der Waals surface area (Å²) in [6, 6.07) is 10.1. The topological polar surface area (TPSA) is 107 Å². The zero-order valence-corrected chi connectivity index (χ0v) is 22.6. The quantitative estimate of drug-likeness (QED) is 0.200. The van der Waals surface area contributed by atoms with Crippen LogP contribution in [0.4, 0.5) is 9.18 Å². The van der Waals surface area contributed by atoms with E-state index in [-0.39, 0.29) is 30.4 Å². The number of carbonyl (C=O) groups is 3. The van der Waals surface area contributed by atoms with Crippen LogP contribution in [-0.2, 0) is 22.7 Å². The van der Waals surface area contributed by atoms with Crippen LogP contribution in [0.5, 0.6) is 11.5 Å². The maximum absolute atomic E-state index is 14.0. The molecular weight excluding hydrogens is 619 g/mol. The molecule has 1 saturated heterocycles. The second-order valence-electron chi connectivity index (χ2n) is 7.64. The number of ether oxygens (including phenoxy) is 3. The van der Waals surface area contributed by atoms with E-state index < -0.39 is 23.7 Å². The predicted octanol–water partition coefficient (Wildman–Crippen LogP) is 5.41. The molecule has 0 bridgehead atoms. The lowest BCUT2D eigenvalue weighted by Gasteiger charge is -2.16. The Morgan fingerprint density at radius 3 is 2.59 bits per heavy atom. The van der Waals surface area contributed by atoms with Gasteiger partial charge < -0.3 is 23.9 Å². The standard InChI is InChI=1S/C25H19Br2FN2O7/c1-34-19-10-14(20(26)21(27)22(19)36-12-13-5-3-4-6-16(13)28)9-17-23(31)30(25(33)29-17)11-15-7-8-18(37-15)24(32)35-2/h3-10H,11-12H2,1-2H3,(H,29,33)/b17-9-. The number of hydrogen-bond donors (Lipinski definition) is 1. The molecule has 12 heteroatoms. The molecular formula is C25H19Br2FN2O7. The summed E-state index contributed by atoms with van der Waals surface area (Å²) >= 11 is 6.93. The molecule has 1 aromatic heterocycles. The molecule has 9 nitrogen and oxygen atoms in total. The number of benzene rings is 2. The first-order valence-electron chi connectivity index (χ1n) is 10.7. The van der Waals surface area contributed by atoms with Crippen molar-refractivity contribution in [3.05, 3.63) is 85.6 Å². The second-order valence-corrected chi connectivity index (χ2v) is 9.23. The lowest BCUT2D eigenvalue weighted by Crippen LogP contribution is -2.30. The summed E-state index contributed by atoms with van der Waals surface area (Å²) in [5.74, 6) is -0.836. The number of esters is 1. The summed E-state index contributed by atoms with van der Waals surface area (Å²) in [6.07, 6.45) is 1.47. The van der Waals surface area contributed by atoms with Crippen LogP contribution in [0.1, 0.15) is 27.4 Å². The fourth-order valence-corrected chi connectivity index (χ4v) is 4.41. The number of urea groups is 1. The van der Waals surface area contributed by atoms with E-state index in [4.69, 9.17) is 13.9 Å². The number of imide groups is 1. The molecule has 4 rings (SSSR count). The van der Waals surface area contributed by atoms with Gasteiger partial charge in [-0.1, -0.05) is 18.2 Å². The zero-order chi connectivity index (χ0) is 26.7. The van der Waals surface area contributed by atoms with Crippen LogP contribution >= 0.6 is 31.9 Å². The fourth-order valence-electron chi connectivity index (χ4n) is 3.46. The monoisotopic (exact) mass is 636 g/mol. The van der Waals surface area contributed by atoms with Crippen molar-refractivity contribution < 1.29 is 37.4 Å². The van der Waals surface area contributed by atoms with Crippen LogP contribution in [0, 0.1) is 5.82 Å². The molecule has 1 aliphatic heterocycles. The number of methoxy groups -OCH3 is 2. The smallest absolute Gasteiger partial charge is 0.373 e. The summed E-state index contributed by atoms with van der Waals surface area (Å²) in [7, 11) is 2.66. The van der Waals surface area contributed by atoms with E-state index in [1.54, 1.807) is 24.3 Å². The molecule has 2 heterocycles. The molecule has 2 aromatic carbocycles. The Labute approximate surface area is 227 Å². The Morgan fingerprint density at radius 2 is 1.89 bits per heavy atom. The van der Waals surface area contributed by atoms with Crippen molar-refractivity contribution in [2.24, 2.45) is 0 Å². The summed E-state index contributed by atoms with van der Waals surface area (Å²) in [5, 5.41) is 2.53. The minimum atomic E-state index is -0.672. The summed E-state index contributed by atoms with van der Waals surface area (Å²) in [5.41, 5.74) is 0.881. The molecule has 1 fully saturated rings. The Bertz CT molecular complexity index is 1420. The second kappa shape index (κ2) is 11.2. The van der Waals surface area contributed by atoms with E-state index in [1.807, 2.05) is 0 Å². The van der Waals surface area contributed by atoms with Gasteiger partial charge >= 0.3 is 12.0 Å². The van der Waals surface area contributed by atoms with Crippen LogP contribution in [0.2, 0.25) is 0 Å². The van der Waals surface area contributed by atoms with Crippen molar-refractivity contribution in [3.63, 3.8) is 0 Å². The van der Waals surface area contributed by atoms with Gasteiger partial charge in [-0.25, -0.2) is 14.0 Å². The first-order valence-corrected chi connectivity index (χ1v) is 12.3. The first-order chi connectivity index (χ1) is 17.7. The van der Waals surface area contributed by atoms with E-state index in [9.17, 15) is 18.8 Å². The molecule has 192 valence electrons. The van der Waals surface area contributed by atoms with Gasteiger partial charge in [0.2, 0.25) is 5.76 Å². The number of rotatable bonds is 8. The fraction of sp³-hybridized carbons (Fsp3) is 0.160. The van der Waals surface area contributed by atoms with Gasteiger partial charge in [-0.05, 0) is 67.8 Å². The molecule has 1 aliphatic rings. The summed E-state index contributed by atoms with van der Waals surface area (Å²) < 4.78 is 36.2. The van der Waals surface area contributed by atoms with Crippen molar-refractivity contribution in [1.29, 1.82) is 0 Å². The zero-order valence-electron chi connectivity index (χ0n) is 19.5. The van der Waals surface area contributed by atoms with Gasteiger partial charge in [0.05, 0.1) is 25.2 Å². The molecule has 0 atom stereocenters. The van der Waals surface area contributed by atoms with E-state index in [0.29, 0.717) is 31.6 Å². The van der Waals surface area contributed by atoms with E-state index in [1.165, 1.54) is 38.5 Å². The third-order valence-corrected chi connectivity index (χ3v) is 7.47. The van der Waals surface area contributed by atoms with Gasteiger partial charge in [0.25, 0.3) is 5.91 Å². The van der Waals surface area contributed by atoms with Crippen molar-refractivity contribution in [3.8, 4) is 11.5 Å². The summed E-state index contributed by atoms with van der Waals surface area (Å²) in [4.78, 5) is 38.0. The highest BCUT2D eigenvalue weighted by molar-refractivity contribution is 9.13. The van der Waals surface area contributed by atoms with Crippen molar-refractivity contribution >= 4 is 55.8 Å². The molecule has 0 radical (unpaired) electrons. The van der Waals surface area contributed by atoms with Gasteiger partial charge in [0, 0.05) is 10.0 Å². The van der Waals surface area contributed by atoms with Gasteiger partial charge in [-0.3, -0.25) is 9.69 Å². The van der Waals surface area contributed by atoms with Gasteiger partial charge in [0.1, 0.15) is 23.9 Å². The van der Waals surface area contributed by atoms with Crippen LogP contribution in [0.25, 0.3) is 6.08 Å². The Morgan fingerprint density at radius 1 is 1.14 bits per heavy atom. The lowest BCUT2D eigenvalue weighted by molar-refractivity contribution is -0.123. The third kappa shape index (κ3) is 5.54. The van der Waals surface area contributed by atoms with Crippen molar-refractivity contribution in [2.75, 3.05) is 14.2 Å². The minimum Gasteiger partial charge on any atom is -0.493 e. The normalized spacial score (nSPS) is 14.2. The van der Waals surface area contributed by atoms with Crippen molar-refractivity contribution in [1.82, 2.24) is 10.2 Å². The average molecular weight is 638 g/mol. The number of hydrogen-bond acceptors (Lipinski definition) is 7. The number of halogens is 3. The number of nitrogens with one attached hydrogen (secondary N) is 1. The molecule has 0 aliphatic carbocycles. The Hall–Kier alpha value is -3.64. The highest BCUT2D eigenvalue weighted by atomic mass is 79.9. The highest BCUT2D eigenvalue weighted by Gasteiger charge is 2.35. The van der Waals surface area contributed by atoms with Gasteiger partial charge in [-0.2, -0.15) is 0 Å². The Kier molecular flexibility index (Phi) is 7.98. The molecule has 0 spiro atoms. The number of amides is 3. The molecule has 1 N–H and O–H groups in total. The van der Waals surface area contributed by atoms with Gasteiger partial charge in [-0.15, -0.1) is 0 Å². The van der Waals surface area contributed by atoms with E-state index >= 15 is 0 Å². The molecule has 0 unspecified atom stereocenters. The largest absolute Gasteiger partial charge is 0.493 e. The average Bonchev–Trinajstić information content (AvgIpc) is 3.47. The van der Waals surface area contributed by atoms with Crippen LogP contribution in [0.3, 0.4) is 0 Å². The van der Waals surface area contributed by atoms with Gasteiger partial charge in [0.15, 0.2) is 11.5 Å². The van der Waals surface area contributed by atoms with Crippen molar-refractivity contribution in [2.45, 2.75) is 13.2 Å². The first kappa shape index (κ1) is 26.4.